The third-order valence-corrected chi connectivity index (χ3v) is 0.902. The lowest BCUT2D eigenvalue weighted by molar-refractivity contribution is 0.0981. The molecule has 1 heterocycles. The predicted molar refractivity (Wildman–Crippen MR) is 34.5 cm³/mol. The minimum atomic E-state index is 0.713. The van der Waals surface area contributed by atoms with Crippen molar-refractivity contribution in [1.29, 1.82) is 0 Å². The van der Waals surface area contributed by atoms with Crippen LogP contribution in [0.25, 0.3) is 0 Å². The Morgan fingerprint density at radius 3 is 2.25 bits per heavy atom. The van der Waals surface area contributed by atoms with Gasteiger partial charge >= 0.3 is 0 Å². The van der Waals surface area contributed by atoms with Gasteiger partial charge in [-0.3, -0.25) is 0 Å². The largest absolute Gasteiger partial charge is 0.301 e. The summed E-state index contributed by atoms with van der Waals surface area (Å²) in [6.07, 6.45) is 0. The fourth-order valence-electron chi connectivity index (χ4n) is 0.461. The van der Waals surface area contributed by atoms with Crippen LogP contribution in [-0.2, 0) is 4.84 Å². The van der Waals surface area contributed by atoms with E-state index >= 15 is 0 Å². The van der Waals surface area contributed by atoms with Crippen LogP contribution < -0.4 is 5.48 Å². The average Bonchev–Trinajstić information content (AvgIpc) is 2.24. The van der Waals surface area contributed by atoms with Crippen molar-refractivity contribution >= 4 is 0 Å². The molecule has 1 aliphatic rings. The van der Waals surface area contributed by atoms with E-state index in [0.717, 1.165) is 13.2 Å². The van der Waals surface area contributed by atoms with Crippen molar-refractivity contribution in [1.82, 2.24) is 5.48 Å². The van der Waals surface area contributed by atoms with E-state index in [1.165, 1.54) is 0 Å². The van der Waals surface area contributed by atoms with Crippen LogP contribution in [0.1, 0.15) is 20.8 Å². The lowest BCUT2D eigenvalue weighted by atomic mass is 10.2. The molecular weight excluding hydrogens is 102 g/mol. The lowest BCUT2D eigenvalue weighted by Crippen LogP contribution is -2.04. The first kappa shape index (κ1) is 7.92. The summed E-state index contributed by atoms with van der Waals surface area (Å²) < 4.78 is 0. The highest BCUT2D eigenvalue weighted by molar-refractivity contribution is 4.54. The summed E-state index contributed by atoms with van der Waals surface area (Å²) in [4.78, 5) is 4.81. The molecule has 2 heteroatoms. The molecule has 0 saturated carbocycles. The van der Waals surface area contributed by atoms with Crippen LogP contribution in [0.15, 0.2) is 0 Å². The van der Waals surface area contributed by atoms with Crippen LogP contribution in [0.4, 0.5) is 0 Å². The Morgan fingerprint density at radius 2 is 2.12 bits per heavy atom. The van der Waals surface area contributed by atoms with Crippen molar-refractivity contribution in [3.63, 3.8) is 0 Å². The lowest BCUT2D eigenvalue weighted by Gasteiger charge is -1.86. The molecule has 1 unspecified atom stereocenters. The van der Waals surface area contributed by atoms with Gasteiger partial charge in [-0.15, -0.1) is 0 Å². The standard InChI is InChI=1S/C4H9NO.C2H6/c1-4-2-5-6-3-4;1-2/h4-5H,2-3H2,1H3;1-2H3. The maximum Gasteiger partial charge on any atom is 0.0720 e. The molecule has 1 rings (SSSR count). The van der Waals surface area contributed by atoms with Gasteiger partial charge in [-0.1, -0.05) is 20.8 Å². The second kappa shape index (κ2) is 5.06. The molecule has 1 N–H and O–H groups in total. The van der Waals surface area contributed by atoms with Gasteiger partial charge < -0.3 is 4.84 Å². The van der Waals surface area contributed by atoms with Gasteiger partial charge in [-0.2, -0.15) is 0 Å². The highest BCUT2D eigenvalue weighted by Gasteiger charge is 2.07. The van der Waals surface area contributed by atoms with Crippen molar-refractivity contribution in [2.45, 2.75) is 20.8 Å². The molecule has 1 fully saturated rings. The zero-order valence-corrected chi connectivity index (χ0v) is 5.90. The van der Waals surface area contributed by atoms with E-state index in [9.17, 15) is 0 Å². The zero-order chi connectivity index (χ0) is 6.41. The Bertz CT molecular complexity index is 41.8. The highest BCUT2D eigenvalue weighted by Crippen LogP contribution is 1.97. The average molecular weight is 117 g/mol. The molecule has 0 radical (unpaired) electrons. The van der Waals surface area contributed by atoms with Crippen molar-refractivity contribution in [2.24, 2.45) is 5.92 Å². The van der Waals surface area contributed by atoms with Gasteiger partial charge in [0.2, 0.25) is 0 Å². The normalized spacial score (nSPS) is 26.6. The molecule has 0 amide bonds. The summed E-state index contributed by atoms with van der Waals surface area (Å²) in [5.41, 5.74) is 2.77. The minimum Gasteiger partial charge on any atom is -0.301 e. The van der Waals surface area contributed by atoms with Crippen LogP contribution in [-0.4, -0.2) is 13.2 Å². The molecule has 0 aromatic heterocycles. The van der Waals surface area contributed by atoms with E-state index in [1.54, 1.807) is 0 Å². The highest BCUT2D eigenvalue weighted by atomic mass is 16.7. The van der Waals surface area contributed by atoms with Crippen molar-refractivity contribution in [3.05, 3.63) is 0 Å². The second-order valence-electron chi connectivity index (χ2n) is 1.76. The maximum absolute atomic E-state index is 4.81. The van der Waals surface area contributed by atoms with E-state index in [1.807, 2.05) is 13.8 Å². The Hall–Kier alpha value is -0.0800. The molecule has 8 heavy (non-hydrogen) atoms. The van der Waals surface area contributed by atoms with E-state index in [2.05, 4.69) is 12.4 Å². The third-order valence-electron chi connectivity index (χ3n) is 0.902. The Morgan fingerprint density at radius 1 is 1.50 bits per heavy atom. The molecule has 0 bridgehead atoms. The molecule has 2 nitrogen and oxygen atoms in total. The summed E-state index contributed by atoms with van der Waals surface area (Å²) >= 11 is 0. The Labute approximate surface area is 51.2 Å². The maximum atomic E-state index is 4.81. The molecule has 1 aliphatic heterocycles. The minimum absolute atomic E-state index is 0.713. The summed E-state index contributed by atoms with van der Waals surface area (Å²) in [6.45, 7) is 8.04. The van der Waals surface area contributed by atoms with Gasteiger partial charge in [0, 0.05) is 6.54 Å². The molecule has 0 aromatic carbocycles. The number of hydrogen-bond acceptors (Lipinski definition) is 2. The van der Waals surface area contributed by atoms with Gasteiger partial charge in [0.25, 0.3) is 0 Å². The topological polar surface area (TPSA) is 21.3 Å². The van der Waals surface area contributed by atoms with Crippen LogP contribution >= 0.6 is 0 Å². The number of hydroxylamine groups is 1. The van der Waals surface area contributed by atoms with Gasteiger partial charge in [0.05, 0.1) is 6.61 Å². The first-order valence-corrected chi connectivity index (χ1v) is 3.24. The number of hydrogen-bond donors (Lipinski definition) is 1. The molecule has 50 valence electrons. The summed E-state index contributed by atoms with van der Waals surface area (Å²) in [6, 6.07) is 0. The second-order valence-corrected chi connectivity index (χ2v) is 1.76. The van der Waals surface area contributed by atoms with Crippen molar-refractivity contribution < 1.29 is 4.84 Å². The smallest absolute Gasteiger partial charge is 0.0720 e. The Balaban J connectivity index is 0.000000222. The summed E-state index contributed by atoms with van der Waals surface area (Å²) in [5, 5.41) is 0. The first-order chi connectivity index (χ1) is 3.89. The van der Waals surface area contributed by atoms with Gasteiger partial charge in [-0.25, -0.2) is 5.48 Å². The van der Waals surface area contributed by atoms with E-state index in [0.29, 0.717) is 5.92 Å². The first-order valence-electron chi connectivity index (χ1n) is 3.24. The van der Waals surface area contributed by atoms with Gasteiger partial charge in [0.15, 0.2) is 0 Å². The van der Waals surface area contributed by atoms with Gasteiger partial charge in [-0.05, 0) is 5.92 Å². The van der Waals surface area contributed by atoms with Crippen LogP contribution in [0.5, 0.6) is 0 Å². The monoisotopic (exact) mass is 117 g/mol. The van der Waals surface area contributed by atoms with Gasteiger partial charge in [0.1, 0.15) is 0 Å². The SMILES string of the molecule is CC.CC1CNOC1. The zero-order valence-electron chi connectivity index (χ0n) is 5.90. The molecule has 0 aliphatic carbocycles. The van der Waals surface area contributed by atoms with Crippen LogP contribution in [0, 0.1) is 5.92 Å². The van der Waals surface area contributed by atoms with E-state index < -0.39 is 0 Å². The summed E-state index contributed by atoms with van der Waals surface area (Å²) in [7, 11) is 0. The molecule has 0 aromatic rings. The molecule has 1 atom stereocenters. The quantitative estimate of drug-likeness (QED) is 0.514. The number of rotatable bonds is 0. The fourth-order valence-corrected chi connectivity index (χ4v) is 0.461. The van der Waals surface area contributed by atoms with Crippen LogP contribution in [0.2, 0.25) is 0 Å². The summed E-state index contributed by atoms with van der Waals surface area (Å²) in [5.74, 6) is 0.713. The predicted octanol–water partition coefficient (Wildman–Crippen LogP) is 1.18. The number of nitrogens with one attached hydrogen (secondary N) is 1. The van der Waals surface area contributed by atoms with E-state index in [4.69, 9.17) is 4.84 Å². The third kappa shape index (κ3) is 2.99. The van der Waals surface area contributed by atoms with Crippen LogP contribution in [0.3, 0.4) is 0 Å². The van der Waals surface area contributed by atoms with Crippen molar-refractivity contribution in [2.75, 3.05) is 13.2 Å². The fraction of sp³-hybridized carbons (Fsp3) is 1.00. The molecular formula is C6H15NO. The molecule has 0 spiro atoms. The Kier molecular flexibility index (Phi) is 5.01. The molecule has 1 saturated heterocycles. The van der Waals surface area contributed by atoms with E-state index in [-0.39, 0.29) is 0 Å². The van der Waals surface area contributed by atoms with Crippen molar-refractivity contribution in [3.8, 4) is 0 Å².